The van der Waals surface area contributed by atoms with Crippen molar-refractivity contribution in [3.8, 4) is 0 Å². The Bertz CT molecular complexity index is 325. The van der Waals surface area contributed by atoms with Crippen LogP contribution >= 0.6 is 0 Å². The van der Waals surface area contributed by atoms with Crippen LogP contribution < -0.4 is 10.6 Å². The lowest BCUT2D eigenvalue weighted by Crippen LogP contribution is -2.40. The number of rotatable bonds is 9. The summed E-state index contributed by atoms with van der Waals surface area (Å²) < 4.78 is 5.78. The van der Waals surface area contributed by atoms with Crippen molar-refractivity contribution in [3.63, 3.8) is 0 Å². The second-order valence-corrected chi connectivity index (χ2v) is 6.99. The number of guanidine groups is 1. The number of ether oxygens (including phenoxy) is 1. The summed E-state index contributed by atoms with van der Waals surface area (Å²) in [5.41, 5.74) is 0. The molecule has 0 spiro atoms. The number of aliphatic imine (C=N–C) groups is 1. The highest BCUT2D eigenvalue weighted by molar-refractivity contribution is 5.79. The fourth-order valence-electron chi connectivity index (χ4n) is 3.12. The van der Waals surface area contributed by atoms with Gasteiger partial charge in [0.15, 0.2) is 5.96 Å². The van der Waals surface area contributed by atoms with E-state index in [4.69, 9.17) is 4.74 Å². The Hall–Kier alpha value is -0.810. The van der Waals surface area contributed by atoms with Gasteiger partial charge in [0.25, 0.3) is 0 Å². The molecule has 2 N–H and O–H groups in total. The lowest BCUT2D eigenvalue weighted by atomic mass is 9.94. The summed E-state index contributed by atoms with van der Waals surface area (Å²) in [5.74, 6) is 2.33. The largest absolute Gasteiger partial charge is 0.378 e. The fraction of sp³-hybridized carbons (Fsp3) is 0.944. The fourth-order valence-corrected chi connectivity index (χ4v) is 3.12. The molecule has 0 bridgehead atoms. The van der Waals surface area contributed by atoms with Crippen LogP contribution in [0.15, 0.2) is 4.99 Å². The van der Waals surface area contributed by atoms with Crippen LogP contribution in [0.1, 0.15) is 46.5 Å². The highest BCUT2D eigenvalue weighted by Crippen LogP contribution is 2.18. The quantitative estimate of drug-likeness (QED) is 0.504. The normalized spacial score (nSPS) is 19.1. The van der Waals surface area contributed by atoms with Gasteiger partial charge in [-0.3, -0.25) is 4.99 Å². The molecule has 0 saturated carbocycles. The summed E-state index contributed by atoms with van der Waals surface area (Å²) >= 11 is 0. The third kappa shape index (κ3) is 8.56. The molecule has 0 aromatic carbocycles. The van der Waals surface area contributed by atoms with Crippen LogP contribution in [0, 0.1) is 11.8 Å². The second-order valence-electron chi connectivity index (χ2n) is 6.99. The van der Waals surface area contributed by atoms with Gasteiger partial charge in [0.2, 0.25) is 0 Å². The third-order valence-electron chi connectivity index (χ3n) is 4.75. The molecule has 1 fully saturated rings. The molecule has 136 valence electrons. The van der Waals surface area contributed by atoms with Crippen molar-refractivity contribution in [2.75, 3.05) is 46.9 Å². The van der Waals surface area contributed by atoms with Crippen LogP contribution in [0.4, 0.5) is 0 Å². The smallest absolute Gasteiger partial charge is 0.190 e. The first kappa shape index (κ1) is 20.2. The van der Waals surface area contributed by atoms with E-state index in [0.29, 0.717) is 12.0 Å². The van der Waals surface area contributed by atoms with E-state index < -0.39 is 0 Å². The van der Waals surface area contributed by atoms with Gasteiger partial charge in [0, 0.05) is 26.7 Å². The topological polar surface area (TPSA) is 48.9 Å². The molecule has 5 nitrogen and oxygen atoms in total. The van der Waals surface area contributed by atoms with Gasteiger partial charge < -0.3 is 20.3 Å². The SMILES string of the molecule is CCOC(CCNC(=NC)NCCC1CCN(C)CC1)C(C)C. The zero-order chi connectivity index (χ0) is 17.1. The van der Waals surface area contributed by atoms with Gasteiger partial charge in [-0.15, -0.1) is 0 Å². The molecule has 1 rings (SSSR count). The Kier molecular flexibility index (Phi) is 10.3. The van der Waals surface area contributed by atoms with Crippen LogP contribution in [0.3, 0.4) is 0 Å². The van der Waals surface area contributed by atoms with Crippen molar-refractivity contribution in [2.45, 2.75) is 52.6 Å². The van der Waals surface area contributed by atoms with E-state index in [0.717, 1.165) is 38.0 Å². The van der Waals surface area contributed by atoms with Crippen molar-refractivity contribution in [1.82, 2.24) is 15.5 Å². The molecule has 1 heterocycles. The van der Waals surface area contributed by atoms with Crippen LogP contribution in [0.2, 0.25) is 0 Å². The number of hydrogen-bond acceptors (Lipinski definition) is 3. The molecular formula is C18H38N4O. The zero-order valence-corrected chi connectivity index (χ0v) is 15.9. The molecule has 1 saturated heterocycles. The van der Waals surface area contributed by atoms with Gasteiger partial charge in [-0.05, 0) is 64.6 Å². The minimum absolute atomic E-state index is 0.324. The lowest BCUT2D eigenvalue weighted by Gasteiger charge is -2.29. The van der Waals surface area contributed by atoms with Crippen molar-refractivity contribution in [3.05, 3.63) is 0 Å². The maximum atomic E-state index is 5.78. The Balaban J connectivity index is 2.16. The predicted octanol–water partition coefficient (Wildman–Crippen LogP) is 2.33. The molecule has 0 amide bonds. The average Bonchev–Trinajstić information content (AvgIpc) is 2.54. The molecular weight excluding hydrogens is 288 g/mol. The molecule has 0 aromatic rings. The minimum atomic E-state index is 0.324. The van der Waals surface area contributed by atoms with Gasteiger partial charge in [0.05, 0.1) is 6.10 Å². The van der Waals surface area contributed by atoms with Gasteiger partial charge >= 0.3 is 0 Å². The van der Waals surface area contributed by atoms with E-state index in [9.17, 15) is 0 Å². The Morgan fingerprint density at radius 2 is 1.87 bits per heavy atom. The molecule has 0 aromatic heterocycles. The van der Waals surface area contributed by atoms with E-state index in [1.807, 2.05) is 7.05 Å². The Morgan fingerprint density at radius 3 is 2.43 bits per heavy atom. The first-order chi connectivity index (χ1) is 11.1. The van der Waals surface area contributed by atoms with E-state index >= 15 is 0 Å². The summed E-state index contributed by atoms with van der Waals surface area (Å²) in [6.07, 6.45) is 5.23. The number of nitrogens with one attached hydrogen (secondary N) is 2. The third-order valence-corrected chi connectivity index (χ3v) is 4.75. The molecule has 1 atom stereocenters. The van der Waals surface area contributed by atoms with Crippen LogP contribution in [-0.2, 0) is 4.74 Å². The van der Waals surface area contributed by atoms with E-state index in [2.05, 4.69) is 48.3 Å². The minimum Gasteiger partial charge on any atom is -0.378 e. The monoisotopic (exact) mass is 326 g/mol. The molecule has 0 aliphatic carbocycles. The van der Waals surface area contributed by atoms with Gasteiger partial charge in [-0.25, -0.2) is 0 Å². The molecule has 1 unspecified atom stereocenters. The van der Waals surface area contributed by atoms with E-state index in [1.165, 1.54) is 32.4 Å². The van der Waals surface area contributed by atoms with Crippen LogP contribution in [0.25, 0.3) is 0 Å². The van der Waals surface area contributed by atoms with Crippen LogP contribution in [-0.4, -0.2) is 63.8 Å². The first-order valence-electron chi connectivity index (χ1n) is 9.31. The van der Waals surface area contributed by atoms with Gasteiger partial charge in [-0.1, -0.05) is 13.8 Å². The lowest BCUT2D eigenvalue weighted by molar-refractivity contribution is 0.0258. The predicted molar refractivity (Wildman–Crippen MR) is 99.1 cm³/mol. The Labute approximate surface area is 143 Å². The Morgan fingerprint density at radius 1 is 1.22 bits per heavy atom. The number of likely N-dealkylation sites (tertiary alicyclic amines) is 1. The van der Waals surface area contributed by atoms with Crippen LogP contribution in [0.5, 0.6) is 0 Å². The van der Waals surface area contributed by atoms with Crippen molar-refractivity contribution in [1.29, 1.82) is 0 Å². The zero-order valence-electron chi connectivity index (χ0n) is 15.9. The van der Waals surface area contributed by atoms with E-state index in [1.54, 1.807) is 0 Å². The molecule has 23 heavy (non-hydrogen) atoms. The van der Waals surface area contributed by atoms with Crippen molar-refractivity contribution >= 4 is 5.96 Å². The highest BCUT2D eigenvalue weighted by atomic mass is 16.5. The molecule has 1 aliphatic rings. The standard InChI is InChI=1S/C18H38N4O/c1-6-23-17(15(2)3)8-12-21-18(19-4)20-11-7-16-9-13-22(5)14-10-16/h15-17H,6-14H2,1-5H3,(H2,19,20,21). The second kappa shape index (κ2) is 11.7. The first-order valence-corrected chi connectivity index (χ1v) is 9.31. The van der Waals surface area contributed by atoms with Crippen molar-refractivity contribution < 1.29 is 4.74 Å². The highest BCUT2D eigenvalue weighted by Gasteiger charge is 2.16. The summed E-state index contributed by atoms with van der Waals surface area (Å²) in [6.45, 7) is 11.7. The molecule has 5 heteroatoms. The van der Waals surface area contributed by atoms with Gasteiger partial charge in [0.1, 0.15) is 0 Å². The van der Waals surface area contributed by atoms with Gasteiger partial charge in [-0.2, -0.15) is 0 Å². The number of nitrogens with zero attached hydrogens (tertiary/aromatic N) is 2. The average molecular weight is 327 g/mol. The maximum absolute atomic E-state index is 5.78. The van der Waals surface area contributed by atoms with E-state index in [-0.39, 0.29) is 0 Å². The maximum Gasteiger partial charge on any atom is 0.190 e. The molecule has 0 radical (unpaired) electrons. The summed E-state index contributed by atoms with van der Waals surface area (Å²) in [6, 6.07) is 0. The summed E-state index contributed by atoms with van der Waals surface area (Å²) in [5, 5.41) is 6.86. The summed E-state index contributed by atoms with van der Waals surface area (Å²) in [7, 11) is 4.06. The number of piperidine rings is 1. The number of hydrogen-bond donors (Lipinski definition) is 2. The molecule has 1 aliphatic heterocycles. The summed E-state index contributed by atoms with van der Waals surface area (Å²) in [4.78, 5) is 6.74. The van der Waals surface area contributed by atoms with Crippen molar-refractivity contribution in [2.24, 2.45) is 16.8 Å².